The molecule has 120 valence electrons. The summed E-state index contributed by atoms with van der Waals surface area (Å²) in [6.07, 6.45) is 3.99. The van der Waals surface area contributed by atoms with Crippen LogP contribution in [0, 0.1) is 0 Å². The number of benzene rings is 1. The molecule has 0 aliphatic heterocycles. The topological polar surface area (TPSA) is 95.6 Å². The normalized spacial score (nSPS) is 14.1. The minimum Gasteiger partial charge on any atom is -0.479 e. The van der Waals surface area contributed by atoms with Crippen molar-refractivity contribution in [1.82, 2.24) is 10.5 Å². The molecule has 0 saturated carbocycles. The molecule has 0 saturated heterocycles. The second-order valence-corrected chi connectivity index (χ2v) is 6.35. The van der Waals surface area contributed by atoms with Gasteiger partial charge in [0, 0.05) is 0 Å². The summed E-state index contributed by atoms with van der Waals surface area (Å²) in [4.78, 5) is 14.3. The van der Waals surface area contributed by atoms with Crippen molar-refractivity contribution in [2.75, 3.05) is 0 Å². The number of unbranched alkanes of at least 4 members (excludes halogenated alkanes) is 3. The molecule has 1 aromatic heterocycles. The quantitative estimate of drug-likeness (QED) is 0.280. The molecule has 7 heteroatoms. The van der Waals surface area contributed by atoms with Gasteiger partial charge in [-0.3, -0.25) is 0 Å². The standard InChI is InChI=1S/C15H20N2O4S/c1-2-3-4-7-10-15(17-20,13(18)19)22-14-16-11-8-5-6-9-12(11)21-14/h5-6,8-9,17,20H,2-4,7,10H2,1H3,(H,18,19). The summed E-state index contributed by atoms with van der Waals surface area (Å²) in [7, 11) is 0. The minimum absolute atomic E-state index is 0.223. The Labute approximate surface area is 132 Å². The monoisotopic (exact) mass is 324 g/mol. The number of fused-ring (bicyclic) bond motifs is 1. The van der Waals surface area contributed by atoms with E-state index in [0.29, 0.717) is 17.5 Å². The Balaban J connectivity index is 2.16. The van der Waals surface area contributed by atoms with E-state index in [2.05, 4.69) is 11.9 Å². The molecule has 0 aliphatic rings. The lowest BCUT2D eigenvalue weighted by atomic mass is 10.1. The molecule has 0 amide bonds. The summed E-state index contributed by atoms with van der Waals surface area (Å²) in [6.45, 7) is 2.09. The van der Waals surface area contributed by atoms with Gasteiger partial charge in [0.25, 0.3) is 5.22 Å². The molecular formula is C15H20N2O4S. The Hall–Kier alpha value is -1.57. The van der Waals surface area contributed by atoms with Crippen molar-refractivity contribution >= 4 is 28.8 Å². The average Bonchev–Trinajstić information content (AvgIpc) is 2.92. The fourth-order valence-corrected chi connectivity index (χ4v) is 3.13. The second kappa shape index (κ2) is 7.62. The van der Waals surface area contributed by atoms with Gasteiger partial charge in [-0.15, -0.1) is 0 Å². The van der Waals surface area contributed by atoms with Crippen molar-refractivity contribution in [2.24, 2.45) is 0 Å². The zero-order valence-electron chi connectivity index (χ0n) is 12.4. The third-order valence-electron chi connectivity index (χ3n) is 3.44. The first-order chi connectivity index (χ1) is 10.6. The Bertz CT molecular complexity index is 598. The maximum absolute atomic E-state index is 11.6. The second-order valence-electron chi connectivity index (χ2n) is 5.10. The minimum atomic E-state index is -1.55. The zero-order valence-corrected chi connectivity index (χ0v) is 13.2. The molecule has 1 atom stereocenters. The number of nitrogens with zero attached hydrogens (tertiary/aromatic N) is 1. The molecule has 2 aromatic rings. The first-order valence-electron chi connectivity index (χ1n) is 7.30. The lowest BCUT2D eigenvalue weighted by Gasteiger charge is -2.25. The Morgan fingerprint density at radius 2 is 2.14 bits per heavy atom. The third-order valence-corrected chi connectivity index (χ3v) is 4.61. The van der Waals surface area contributed by atoms with Crippen LogP contribution in [-0.2, 0) is 4.79 Å². The van der Waals surface area contributed by atoms with Crippen LogP contribution in [-0.4, -0.2) is 26.1 Å². The molecular weight excluding hydrogens is 304 g/mol. The first kappa shape index (κ1) is 16.8. The van der Waals surface area contributed by atoms with Crippen LogP contribution in [0.1, 0.15) is 39.0 Å². The zero-order chi connectivity index (χ0) is 16.0. The van der Waals surface area contributed by atoms with Gasteiger partial charge in [-0.2, -0.15) is 5.48 Å². The molecule has 0 radical (unpaired) electrons. The van der Waals surface area contributed by atoms with Gasteiger partial charge in [-0.25, -0.2) is 9.78 Å². The van der Waals surface area contributed by atoms with Crippen LogP contribution in [0.2, 0.25) is 0 Å². The van der Waals surface area contributed by atoms with Crippen LogP contribution in [0.15, 0.2) is 33.9 Å². The highest BCUT2D eigenvalue weighted by molar-refractivity contribution is 8.01. The fraction of sp³-hybridized carbons (Fsp3) is 0.467. The maximum atomic E-state index is 11.6. The van der Waals surface area contributed by atoms with Crippen LogP contribution >= 0.6 is 11.8 Å². The van der Waals surface area contributed by atoms with Gasteiger partial charge in [-0.05, 0) is 30.3 Å². The Morgan fingerprint density at radius 1 is 1.36 bits per heavy atom. The predicted octanol–water partition coefficient (Wildman–Crippen LogP) is 3.65. The van der Waals surface area contributed by atoms with E-state index in [4.69, 9.17) is 4.42 Å². The van der Waals surface area contributed by atoms with Crippen molar-refractivity contribution in [3.05, 3.63) is 24.3 Å². The third kappa shape index (κ3) is 3.79. The molecule has 0 bridgehead atoms. The van der Waals surface area contributed by atoms with E-state index < -0.39 is 10.8 Å². The van der Waals surface area contributed by atoms with E-state index in [0.717, 1.165) is 31.0 Å². The van der Waals surface area contributed by atoms with Gasteiger partial charge in [0.15, 0.2) is 10.5 Å². The Morgan fingerprint density at radius 3 is 2.77 bits per heavy atom. The van der Waals surface area contributed by atoms with Crippen molar-refractivity contribution in [2.45, 2.75) is 49.1 Å². The van der Waals surface area contributed by atoms with Crippen molar-refractivity contribution in [1.29, 1.82) is 0 Å². The predicted molar refractivity (Wildman–Crippen MR) is 83.9 cm³/mol. The average molecular weight is 324 g/mol. The summed E-state index contributed by atoms with van der Waals surface area (Å²) in [5, 5.41) is 19.1. The van der Waals surface area contributed by atoms with Gasteiger partial charge in [0.2, 0.25) is 0 Å². The molecule has 2 rings (SSSR count). The smallest absolute Gasteiger partial charge is 0.337 e. The number of hydroxylamine groups is 1. The number of aliphatic carboxylic acids is 1. The maximum Gasteiger partial charge on any atom is 0.337 e. The summed E-state index contributed by atoms with van der Waals surface area (Å²) in [5.41, 5.74) is 3.20. The van der Waals surface area contributed by atoms with Crippen molar-refractivity contribution in [3.8, 4) is 0 Å². The van der Waals surface area contributed by atoms with Gasteiger partial charge < -0.3 is 14.7 Å². The first-order valence-corrected chi connectivity index (χ1v) is 8.12. The van der Waals surface area contributed by atoms with Gasteiger partial charge in [-0.1, -0.05) is 44.7 Å². The number of carbonyl (C=O) groups is 1. The number of carboxylic acid groups (broad SMARTS) is 1. The summed E-state index contributed by atoms with van der Waals surface area (Å²) >= 11 is 0.890. The number of rotatable bonds is 9. The van der Waals surface area contributed by atoms with Gasteiger partial charge in [0.05, 0.1) is 0 Å². The molecule has 6 nitrogen and oxygen atoms in total. The van der Waals surface area contributed by atoms with Crippen LogP contribution < -0.4 is 5.48 Å². The van der Waals surface area contributed by atoms with E-state index in [-0.39, 0.29) is 11.6 Å². The molecule has 22 heavy (non-hydrogen) atoms. The number of aromatic nitrogens is 1. The molecule has 0 spiro atoms. The van der Waals surface area contributed by atoms with Gasteiger partial charge >= 0.3 is 5.97 Å². The van der Waals surface area contributed by atoms with E-state index in [1.54, 1.807) is 12.1 Å². The summed E-state index contributed by atoms with van der Waals surface area (Å²) < 4.78 is 5.54. The number of carboxylic acids is 1. The molecule has 0 fully saturated rings. The van der Waals surface area contributed by atoms with Crippen molar-refractivity contribution in [3.63, 3.8) is 0 Å². The molecule has 0 aliphatic carbocycles. The number of nitrogens with one attached hydrogen (secondary N) is 1. The van der Waals surface area contributed by atoms with Crippen LogP contribution in [0.25, 0.3) is 11.1 Å². The van der Waals surface area contributed by atoms with E-state index >= 15 is 0 Å². The number of para-hydroxylation sites is 2. The SMILES string of the molecule is CCCCCCC(NO)(Sc1nc2ccccc2o1)C(=O)O. The number of hydrogen-bond acceptors (Lipinski definition) is 6. The Kier molecular flexibility index (Phi) is 5.82. The largest absolute Gasteiger partial charge is 0.479 e. The van der Waals surface area contributed by atoms with Crippen molar-refractivity contribution < 1.29 is 19.5 Å². The highest BCUT2D eigenvalue weighted by Gasteiger charge is 2.41. The van der Waals surface area contributed by atoms with E-state index in [1.807, 2.05) is 17.6 Å². The van der Waals surface area contributed by atoms with Crippen LogP contribution in [0.5, 0.6) is 0 Å². The summed E-state index contributed by atoms with van der Waals surface area (Å²) in [5.74, 6) is -1.14. The van der Waals surface area contributed by atoms with E-state index in [9.17, 15) is 15.1 Å². The molecule has 1 heterocycles. The van der Waals surface area contributed by atoms with Crippen LogP contribution in [0.3, 0.4) is 0 Å². The molecule has 1 unspecified atom stereocenters. The number of hydrogen-bond donors (Lipinski definition) is 3. The number of thioether (sulfide) groups is 1. The highest BCUT2D eigenvalue weighted by Crippen LogP contribution is 2.36. The molecule has 1 aromatic carbocycles. The number of oxazole rings is 1. The van der Waals surface area contributed by atoms with E-state index in [1.165, 1.54) is 0 Å². The van der Waals surface area contributed by atoms with Gasteiger partial charge in [0.1, 0.15) is 5.52 Å². The lowest BCUT2D eigenvalue weighted by Crippen LogP contribution is -2.47. The summed E-state index contributed by atoms with van der Waals surface area (Å²) in [6, 6.07) is 7.21. The molecule has 3 N–H and O–H groups in total. The van der Waals surface area contributed by atoms with Crippen LogP contribution in [0.4, 0.5) is 0 Å². The lowest BCUT2D eigenvalue weighted by molar-refractivity contribution is -0.144. The fourth-order valence-electron chi connectivity index (χ4n) is 2.17. The highest BCUT2D eigenvalue weighted by atomic mass is 32.2.